The number of carbonyl (C=O) groups is 1. The molecule has 2 amide bonds. The number of anilines is 3. The standard InChI is InChI=1S/C29H33ClN6O5.ClH/c1-39-22-5-2-20(3-6-22)34-29(38)36-11-8-23(9-12-36)41-26-7-4-21(18-24(26)30)33-28-27-25(31-19-32-28)10-13-35(27)14-16-40-17-15-37;/h2-7,10,13,18-19,23,37H,8-9,11-12,14-17H2,1H3,(H,34,38)(H,31,32,33);1H. The highest BCUT2D eigenvalue weighted by molar-refractivity contribution is 6.32. The number of aliphatic hydroxyl groups excluding tert-OH is 1. The molecule has 0 aliphatic carbocycles. The van der Waals surface area contributed by atoms with Crippen molar-refractivity contribution >= 4 is 58.3 Å². The second-order valence-corrected chi connectivity index (χ2v) is 9.94. The summed E-state index contributed by atoms with van der Waals surface area (Å²) < 4.78 is 18.8. The molecule has 3 N–H and O–H groups in total. The van der Waals surface area contributed by atoms with Crippen molar-refractivity contribution in [2.24, 2.45) is 0 Å². The van der Waals surface area contributed by atoms with Crippen LogP contribution in [0.3, 0.4) is 0 Å². The largest absolute Gasteiger partial charge is 0.497 e. The van der Waals surface area contributed by atoms with Crippen molar-refractivity contribution in [1.29, 1.82) is 0 Å². The third-order valence-corrected chi connectivity index (χ3v) is 7.12. The average molecular weight is 618 g/mol. The summed E-state index contributed by atoms with van der Waals surface area (Å²) in [6.45, 7) is 2.51. The fourth-order valence-electron chi connectivity index (χ4n) is 4.68. The fraction of sp³-hybridized carbons (Fsp3) is 0.345. The van der Waals surface area contributed by atoms with Crippen LogP contribution in [-0.2, 0) is 11.3 Å². The first-order valence-corrected chi connectivity index (χ1v) is 13.8. The van der Waals surface area contributed by atoms with Crippen molar-refractivity contribution in [3.05, 3.63) is 66.1 Å². The maximum absolute atomic E-state index is 12.7. The number of nitrogens with one attached hydrogen (secondary N) is 2. The molecule has 0 atom stereocenters. The second-order valence-electron chi connectivity index (χ2n) is 9.53. The summed E-state index contributed by atoms with van der Waals surface area (Å²) in [5, 5.41) is 15.7. The lowest BCUT2D eigenvalue weighted by atomic mass is 10.1. The summed E-state index contributed by atoms with van der Waals surface area (Å²) >= 11 is 6.61. The normalized spacial score (nSPS) is 13.5. The van der Waals surface area contributed by atoms with Gasteiger partial charge in [0, 0.05) is 50.0 Å². The van der Waals surface area contributed by atoms with Gasteiger partial charge in [-0.3, -0.25) is 0 Å². The Hall–Kier alpha value is -3.77. The summed E-state index contributed by atoms with van der Waals surface area (Å²) in [5.74, 6) is 1.98. The summed E-state index contributed by atoms with van der Waals surface area (Å²) in [6.07, 6.45) is 4.80. The number of carbonyl (C=O) groups excluding carboxylic acids is 1. The van der Waals surface area contributed by atoms with Crippen LogP contribution in [-0.4, -0.2) is 76.7 Å². The van der Waals surface area contributed by atoms with E-state index >= 15 is 0 Å². The van der Waals surface area contributed by atoms with Gasteiger partial charge in [0.2, 0.25) is 0 Å². The van der Waals surface area contributed by atoms with E-state index in [2.05, 4.69) is 20.6 Å². The van der Waals surface area contributed by atoms with Gasteiger partial charge in [-0.05, 0) is 48.5 Å². The molecule has 4 aromatic rings. The number of fused-ring (bicyclic) bond motifs is 1. The third kappa shape index (κ3) is 7.74. The van der Waals surface area contributed by atoms with Crippen LogP contribution in [0, 0.1) is 0 Å². The van der Waals surface area contributed by atoms with Gasteiger partial charge in [-0.25, -0.2) is 14.8 Å². The topological polar surface area (TPSA) is 123 Å². The highest BCUT2D eigenvalue weighted by Gasteiger charge is 2.24. The minimum atomic E-state index is -0.135. The van der Waals surface area contributed by atoms with Gasteiger partial charge < -0.3 is 39.4 Å². The number of hydrogen-bond donors (Lipinski definition) is 3. The van der Waals surface area contributed by atoms with E-state index in [9.17, 15) is 4.79 Å². The smallest absolute Gasteiger partial charge is 0.321 e. The van der Waals surface area contributed by atoms with Crippen molar-refractivity contribution in [3.8, 4) is 11.5 Å². The molecule has 3 heterocycles. The lowest BCUT2D eigenvalue weighted by molar-refractivity contribution is 0.0875. The van der Waals surface area contributed by atoms with Gasteiger partial charge >= 0.3 is 6.03 Å². The number of halogens is 2. The quantitative estimate of drug-likeness (QED) is 0.193. The molecule has 13 heteroatoms. The monoisotopic (exact) mass is 616 g/mol. The van der Waals surface area contributed by atoms with Crippen LogP contribution < -0.4 is 20.1 Å². The Morgan fingerprint density at radius 2 is 1.83 bits per heavy atom. The molecule has 1 aliphatic rings. The molecule has 5 rings (SSSR count). The van der Waals surface area contributed by atoms with Crippen molar-refractivity contribution < 1.29 is 24.1 Å². The zero-order chi connectivity index (χ0) is 28.6. The molecule has 42 heavy (non-hydrogen) atoms. The number of aromatic nitrogens is 3. The van der Waals surface area contributed by atoms with Gasteiger partial charge in [0.1, 0.15) is 29.4 Å². The first-order chi connectivity index (χ1) is 20.0. The zero-order valence-corrected chi connectivity index (χ0v) is 24.7. The van der Waals surface area contributed by atoms with Gasteiger partial charge in [0.05, 0.1) is 37.5 Å². The van der Waals surface area contributed by atoms with Crippen LogP contribution in [0.4, 0.5) is 22.0 Å². The van der Waals surface area contributed by atoms with Gasteiger partial charge in [0.15, 0.2) is 5.82 Å². The van der Waals surface area contributed by atoms with E-state index in [0.29, 0.717) is 62.3 Å². The van der Waals surface area contributed by atoms with Crippen LogP contribution in [0.15, 0.2) is 61.1 Å². The molecule has 0 spiro atoms. The Morgan fingerprint density at radius 1 is 1.07 bits per heavy atom. The molecule has 1 aliphatic heterocycles. The van der Waals surface area contributed by atoms with Crippen LogP contribution in [0.1, 0.15) is 12.8 Å². The summed E-state index contributed by atoms with van der Waals surface area (Å²) in [5.41, 5.74) is 3.13. The number of aliphatic hydroxyl groups is 1. The van der Waals surface area contributed by atoms with Gasteiger partial charge in [0.25, 0.3) is 0 Å². The van der Waals surface area contributed by atoms with Crippen LogP contribution in [0.25, 0.3) is 11.0 Å². The number of hydrogen-bond acceptors (Lipinski definition) is 8. The van der Waals surface area contributed by atoms with Crippen molar-refractivity contribution in [2.75, 3.05) is 50.7 Å². The van der Waals surface area contributed by atoms with Gasteiger partial charge in [-0.2, -0.15) is 0 Å². The molecular formula is C29H34Cl2N6O5. The van der Waals surface area contributed by atoms with E-state index < -0.39 is 0 Å². The lowest BCUT2D eigenvalue weighted by Crippen LogP contribution is -2.43. The fourth-order valence-corrected chi connectivity index (χ4v) is 4.91. The van der Waals surface area contributed by atoms with Gasteiger partial charge in [-0.15, -0.1) is 12.4 Å². The Balaban J connectivity index is 0.00000405. The molecule has 1 saturated heterocycles. The molecule has 2 aromatic carbocycles. The van der Waals surface area contributed by atoms with Crippen molar-refractivity contribution in [1.82, 2.24) is 19.4 Å². The molecule has 11 nitrogen and oxygen atoms in total. The molecule has 0 saturated carbocycles. The van der Waals surface area contributed by atoms with E-state index in [4.69, 9.17) is 30.9 Å². The summed E-state index contributed by atoms with van der Waals surface area (Å²) in [4.78, 5) is 23.3. The second kappa shape index (κ2) is 14.9. The van der Waals surface area contributed by atoms with Crippen molar-refractivity contribution in [2.45, 2.75) is 25.5 Å². The first kappa shape index (κ1) is 31.2. The SMILES string of the molecule is COc1ccc(NC(=O)N2CCC(Oc3ccc(Nc4ncnc5ccn(CCOCCO)c45)cc3Cl)CC2)cc1.Cl. The molecule has 2 aromatic heterocycles. The van der Waals surface area contributed by atoms with E-state index in [0.717, 1.165) is 28.2 Å². The zero-order valence-electron chi connectivity index (χ0n) is 23.2. The number of benzene rings is 2. The Bertz CT molecular complexity index is 1460. The predicted octanol–water partition coefficient (Wildman–Crippen LogP) is 5.34. The molecule has 0 radical (unpaired) electrons. The lowest BCUT2D eigenvalue weighted by Gasteiger charge is -2.32. The van der Waals surface area contributed by atoms with Crippen LogP contribution in [0.5, 0.6) is 11.5 Å². The van der Waals surface area contributed by atoms with E-state index in [1.165, 1.54) is 6.33 Å². The van der Waals surface area contributed by atoms with E-state index in [1.807, 2.05) is 53.2 Å². The molecule has 1 fully saturated rings. The highest BCUT2D eigenvalue weighted by atomic mass is 35.5. The summed E-state index contributed by atoms with van der Waals surface area (Å²) in [6, 6.07) is 14.6. The third-order valence-electron chi connectivity index (χ3n) is 6.82. The average Bonchev–Trinajstić information content (AvgIpc) is 3.41. The number of urea groups is 1. The number of piperidine rings is 1. The molecule has 224 valence electrons. The molecule has 0 unspecified atom stereocenters. The van der Waals surface area contributed by atoms with Crippen molar-refractivity contribution in [3.63, 3.8) is 0 Å². The van der Waals surface area contributed by atoms with Crippen LogP contribution in [0.2, 0.25) is 5.02 Å². The minimum absolute atomic E-state index is 0. The van der Waals surface area contributed by atoms with E-state index in [1.54, 1.807) is 18.1 Å². The van der Waals surface area contributed by atoms with E-state index in [-0.39, 0.29) is 31.1 Å². The Kier molecular flexibility index (Phi) is 11.1. The Labute approximate surface area is 255 Å². The minimum Gasteiger partial charge on any atom is -0.497 e. The number of methoxy groups -OCH3 is 1. The summed E-state index contributed by atoms with van der Waals surface area (Å²) in [7, 11) is 1.61. The molecule has 0 bridgehead atoms. The first-order valence-electron chi connectivity index (χ1n) is 13.5. The maximum atomic E-state index is 12.7. The predicted molar refractivity (Wildman–Crippen MR) is 165 cm³/mol. The number of rotatable bonds is 11. The number of amides is 2. The Morgan fingerprint density at radius 3 is 2.55 bits per heavy atom. The maximum Gasteiger partial charge on any atom is 0.321 e. The molecular weight excluding hydrogens is 583 g/mol. The number of likely N-dealkylation sites (tertiary alicyclic amines) is 1. The highest BCUT2D eigenvalue weighted by Crippen LogP contribution is 2.32. The number of ether oxygens (including phenoxy) is 3. The van der Waals surface area contributed by atoms with Gasteiger partial charge in [-0.1, -0.05) is 11.6 Å². The number of nitrogens with zero attached hydrogens (tertiary/aromatic N) is 4. The van der Waals surface area contributed by atoms with Crippen LogP contribution >= 0.6 is 24.0 Å².